The Labute approximate surface area is 95.9 Å². The number of nitrogens with two attached hydrogens (primary N) is 1. The molecule has 0 aliphatic rings. The first kappa shape index (κ1) is 10.9. The minimum absolute atomic E-state index is 0.104. The van der Waals surface area contributed by atoms with Gasteiger partial charge in [0.2, 0.25) is 0 Å². The average molecular weight is 215 g/mol. The van der Waals surface area contributed by atoms with Crippen molar-refractivity contribution in [3.05, 3.63) is 52.8 Å². The largest absolute Gasteiger partial charge is 0.319 e. The summed E-state index contributed by atoms with van der Waals surface area (Å²) in [6.45, 7) is 4.22. The monoisotopic (exact) mass is 215 g/mol. The van der Waals surface area contributed by atoms with Crippen LogP contribution in [0.5, 0.6) is 0 Å². The normalized spacial score (nSPS) is 12.8. The molecule has 2 N–H and O–H groups in total. The summed E-state index contributed by atoms with van der Waals surface area (Å²) in [5, 5.41) is 4.15. The number of aryl methyl sites for hydroxylation is 2. The van der Waals surface area contributed by atoms with Gasteiger partial charge in [-0.05, 0) is 36.6 Å². The standard InChI is InChI=1S/C13H17N3/c1-9-5-4-6-11(10(9)2)13(14)12-7-8-15-16(12)3/h4-8,13H,14H2,1-3H3. The van der Waals surface area contributed by atoms with Crippen LogP contribution < -0.4 is 5.73 Å². The second kappa shape index (κ2) is 4.10. The Kier molecular flexibility index (Phi) is 2.79. The molecule has 0 amide bonds. The lowest BCUT2D eigenvalue weighted by molar-refractivity contribution is 0.671. The minimum Gasteiger partial charge on any atom is -0.319 e. The molecule has 1 aromatic carbocycles. The molecule has 3 nitrogen and oxygen atoms in total. The van der Waals surface area contributed by atoms with Gasteiger partial charge < -0.3 is 5.73 Å². The molecule has 84 valence electrons. The van der Waals surface area contributed by atoms with Gasteiger partial charge in [-0.3, -0.25) is 4.68 Å². The molecular weight excluding hydrogens is 198 g/mol. The van der Waals surface area contributed by atoms with Crippen LogP contribution in [0, 0.1) is 13.8 Å². The summed E-state index contributed by atoms with van der Waals surface area (Å²) in [7, 11) is 1.92. The Hall–Kier alpha value is -1.61. The van der Waals surface area contributed by atoms with Crippen LogP contribution in [-0.4, -0.2) is 9.78 Å². The molecule has 0 saturated heterocycles. The Morgan fingerprint density at radius 1 is 1.25 bits per heavy atom. The molecular formula is C13H17N3. The topological polar surface area (TPSA) is 43.8 Å². The van der Waals surface area contributed by atoms with Gasteiger partial charge in [0.1, 0.15) is 0 Å². The van der Waals surface area contributed by atoms with E-state index in [9.17, 15) is 0 Å². The lowest BCUT2D eigenvalue weighted by Gasteiger charge is -2.16. The molecule has 0 saturated carbocycles. The van der Waals surface area contributed by atoms with E-state index in [1.165, 1.54) is 16.7 Å². The van der Waals surface area contributed by atoms with Gasteiger partial charge in [-0.1, -0.05) is 18.2 Å². The molecule has 1 unspecified atom stereocenters. The summed E-state index contributed by atoms with van der Waals surface area (Å²) in [6.07, 6.45) is 1.78. The highest BCUT2D eigenvalue weighted by Crippen LogP contribution is 2.23. The fourth-order valence-electron chi connectivity index (χ4n) is 1.96. The fourth-order valence-corrected chi connectivity index (χ4v) is 1.96. The molecule has 0 spiro atoms. The number of hydrogen-bond acceptors (Lipinski definition) is 2. The third-order valence-electron chi connectivity index (χ3n) is 3.16. The van der Waals surface area contributed by atoms with Gasteiger partial charge in [-0.25, -0.2) is 0 Å². The molecule has 3 heteroatoms. The lowest BCUT2D eigenvalue weighted by atomic mass is 9.96. The number of benzene rings is 1. The number of hydrogen-bond donors (Lipinski definition) is 1. The first-order chi connectivity index (χ1) is 7.61. The second-order valence-corrected chi connectivity index (χ2v) is 4.15. The van der Waals surface area contributed by atoms with Gasteiger partial charge in [0.15, 0.2) is 0 Å². The van der Waals surface area contributed by atoms with E-state index in [0.717, 1.165) is 5.69 Å². The van der Waals surface area contributed by atoms with Gasteiger partial charge >= 0.3 is 0 Å². The summed E-state index contributed by atoms with van der Waals surface area (Å²) in [5.41, 5.74) is 11.0. The highest BCUT2D eigenvalue weighted by atomic mass is 15.3. The molecule has 16 heavy (non-hydrogen) atoms. The van der Waals surface area contributed by atoms with Crippen molar-refractivity contribution in [3.8, 4) is 0 Å². The second-order valence-electron chi connectivity index (χ2n) is 4.15. The van der Waals surface area contributed by atoms with E-state index < -0.39 is 0 Å². The van der Waals surface area contributed by atoms with Gasteiger partial charge in [-0.2, -0.15) is 5.10 Å². The van der Waals surface area contributed by atoms with Crippen LogP contribution in [0.15, 0.2) is 30.5 Å². The number of aromatic nitrogens is 2. The molecule has 0 aliphatic heterocycles. The Morgan fingerprint density at radius 3 is 2.62 bits per heavy atom. The zero-order valence-corrected chi connectivity index (χ0v) is 9.94. The number of nitrogens with zero attached hydrogens (tertiary/aromatic N) is 2. The number of rotatable bonds is 2. The molecule has 0 fully saturated rings. The van der Waals surface area contributed by atoms with E-state index in [1.807, 2.05) is 23.9 Å². The van der Waals surface area contributed by atoms with Crippen molar-refractivity contribution in [2.24, 2.45) is 12.8 Å². The highest BCUT2D eigenvalue weighted by molar-refractivity contribution is 5.38. The maximum atomic E-state index is 6.27. The summed E-state index contributed by atoms with van der Waals surface area (Å²) in [4.78, 5) is 0. The lowest BCUT2D eigenvalue weighted by Crippen LogP contribution is -2.17. The van der Waals surface area contributed by atoms with E-state index in [-0.39, 0.29) is 6.04 Å². The summed E-state index contributed by atoms with van der Waals surface area (Å²) >= 11 is 0. The molecule has 2 aromatic rings. The molecule has 0 aliphatic carbocycles. The van der Waals surface area contributed by atoms with E-state index in [4.69, 9.17) is 5.73 Å². The molecule has 1 atom stereocenters. The van der Waals surface area contributed by atoms with E-state index >= 15 is 0 Å². The van der Waals surface area contributed by atoms with Crippen LogP contribution in [0.25, 0.3) is 0 Å². The zero-order valence-electron chi connectivity index (χ0n) is 9.94. The summed E-state index contributed by atoms with van der Waals surface area (Å²) in [5.74, 6) is 0. The Morgan fingerprint density at radius 2 is 2.00 bits per heavy atom. The smallest absolute Gasteiger partial charge is 0.0725 e. The van der Waals surface area contributed by atoms with Crippen molar-refractivity contribution in [1.29, 1.82) is 0 Å². The predicted molar refractivity (Wildman–Crippen MR) is 65.2 cm³/mol. The summed E-state index contributed by atoms with van der Waals surface area (Å²) < 4.78 is 1.83. The fraction of sp³-hybridized carbons (Fsp3) is 0.308. The quantitative estimate of drug-likeness (QED) is 0.833. The van der Waals surface area contributed by atoms with E-state index in [0.29, 0.717) is 0 Å². The van der Waals surface area contributed by atoms with Crippen LogP contribution in [0.3, 0.4) is 0 Å². The maximum Gasteiger partial charge on any atom is 0.0725 e. The van der Waals surface area contributed by atoms with Crippen LogP contribution >= 0.6 is 0 Å². The zero-order chi connectivity index (χ0) is 11.7. The van der Waals surface area contributed by atoms with E-state index in [2.05, 4.69) is 31.1 Å². The minimum atomic E-state index is -0.104. The maximum absolute atomic E-state index is 6.27. The van der Waals surface area contributed by atoms with Crippen molar-refractivity contribution < 1.29 is 0 Å². The third-order valence-corrected chi connectivity index (χ3v) is 3.16. The molecule has 0 radical (unpaired) electrons. The average Bonchev–Trinajstić information content (AvgIpc) is 2.68. The van der Waals surface area contributed by atoms with E-state index in [1.54, 1.807) is 6.20 Å². The van der Waals surface area contributed by atoms with Crippen molar-refractivity contribution in [2.75, 3.05) is 0 Å². The Bertz CT molecular complexity index is 500. The van der Waals surface area contributed by atoms with Crippen molar-refractivity contribution >= 4 is 0 Å². The van der Waals surface area contributed by atoms with Gasteiger partial charge in [0, 0.05) is 13.2 Å². The third kappa shape index (κ3) is 1.74. The summed E-state index contributed by atoms with van der Waals surface area (Å²) in [6, 6.07) is 8.10. The van der Waals surface area contributed by atoms with Crippen LogP contribution in [0.1, 0.15) is 28.4 Å². The highest BCUT2D eigenvalue weighted by Gasteiger charge is 2.14. The SMILES string of the molecule is Cc1cccc(C(N)c2ccnn2C)c1C. The van der Waals surface area contributed by atoms with Crippen LogP contribution in [0.2, 0.25) is 0 Å². The van der Waals surface area contributed by atoms with Gasteiger partial charge in [-0.15, -0.1) is 0 Å². The molecule has 1 heterocycles. The Balaban J connectivity index is 2.46. The molecule has 1 aromatic heterocycles. The van der Waals surface area contributed by atoms with Crippen molar-refractivity contribution in [1.82, 2.24) is 9.78 Å². The molecule has 0 bridgehead atoms. The first-order valence-electron chi connectivity index (χ1n) is 5.41. The van der Waals surface area contributed by atoms with Gasteiger partial charge in [0.25, 0.3) is 0 Å². The predicted octanol–water partition coefficient (Wildman–Crippen LogP) is 2.09. The first-order valence-corrected chi connectivity index (χ1v) is 5.41. The molecule has 2 rings (SSSR count). The van der Waals surface area contributed by atoms with Gasteiger partial charge in [0.05, 0.1) is 11.7 Å². The van der Waals surface area contributed by atoms with Crippen molar-refractivity contribution in [2.45, 2.75) is 19.9 Å². The van der Waals surface area contributed by atoms with Crippen LogP contribution in [0.4, 0.5) is 0 Å². The van der Waals surface area contributed by atoms with Crippen LogP contribution in [-0.2, 0) is 7.05 Å². The van der Waals surface area contributed by atoms with Crippen molar-refractivity contribution in [3.63, 3.8) is 0 Å².